The minimum absolute atomic E-state index is 0.233. The van der Waals surface area contributed by atoms with Crippen molar-refractivity contribution in [1.29, 1.82) is 0 Å². The van der Waals surface area contributed by atoms with Gasteiger partial charge in [0, 0.05) is 21.0 Å². The Morgan fingerprint density at radius 1 is 1.05 bits per heavy atom. The van der Waals surface area contributed by atoms with Crippen molar-refractivity contribution < 1.29 is 24.2 Å². The Labute approximate surface area is 155 Å². The molecule has 0 aliphatic rings. The Kier molecular flexibility index (Phi) is 6.90. The first-order valence-electron chi connectivity index (χ1n) is 5.08. The van der Waals surface area contributed by atoms with Crippen molar-refractivity contribution in [3.8, 4) is 0 Å². The second kappa shape index (κ2) is 7.72. The van der Waals surface area contributed by atoms with Gasteiger partial charge in [0.25, 0.3) is 0 Å². The van der Waals surface area contributed by atoms with E-state index >= 15 is 0 Å². The Morgan fingerprint density at radius 3 is 2.15 bits per heavy atom. The van der Waals surface area contributed by atoms with Gasteiger partial charge in [0.05, 0.1) is 14.8 Å². The maximum atomic E-state index is 11.9. The fourth-order valence-corrected chi connectivity index (χ4v) is 5.29. The van der Waals surface area contributed by atoms with Crippen LogP contribution in [0.4, 0.5) is 5.69 Å². The second-order valence-electron chi connectivity index (χ2n) is 3.53. The number of carbonyl (C=O) groups excluding carboxylic acids is 3. The number of rotatable bonds is 2. The zero-order chi connectivity index (χ0) is 15.4. The van der Waals surface area contributed by atoms with Gasteiger partial charge in [-0.1, -0.05) is 0 Å². The summed E-state index contributed by atoms with van der Waals surface area (Å²) < 4.78 is 1.93. The lowest BCUT2D eigenvalue weighted by molar-refractivity contribution is -0.231. The van der Waals surface area contributed by atoms with Crippen LogP contribution < -0.4 is 5.32 Å². The van der Waals surface area contributed by atoms with E-state index in [0.29, 0.717) is 12.8 Å². The van der Waals surface area contributed by atoms with Gasteiger partial charge in [-0.25, -0.2) is 19.4 Å². The van der Waals surface area contributed by atoms with Crippen LogP contribution in [-0.4, -0.2) is 17.8 Å². The Hall–Kier alpha value is -0.180. The van der Waals surface area contributed by atoms with Crippen LogP contribution in [0.15, 0.2) is 6.07 Å². The van der Waals surface area contributed by atoms with Crippen LogP contribution in [0.2, 0.25) is 0 Å². The highest BCUT2D eigenvalue weighted by Gasteiger charge is 2.23. The lowest BCUT2D eigenvalue weighted by atomic mass is 10.2. The van der Waals surface area contributed by atoms with Gasteiger partial charge in [-0.2, -0.15) is 0 Å². The first-order chi connectivity index (χ1) is 9.23. The number of halogens is 3. The third-order valence-corrected chi connectivity index (χ3v) is 4.69. The molecular weight excluding hydrogens is 607 g/mol. The predicted molar refractivity (Wildman–Crippen MR) is 96.1 cm³/mol. The highest BCUT2D eigenvalue weighted by molar-refractivity contribution is 14.1. The third kappa shape index (κ3) is 4.68. The Balaban J connectivity index is 3.22. The molecule has 1 rings (SSSR count). The SMILES string of the molecule is CC(=O)Nc1c(I)cc(I)c(C(=O)OOC(C)=O)c1I. The number of hydrogen-bond donors (Lipinski definition) is 1. The first kappa shape index (κ1) is 17.9. The molecule has 0 atom stereocenters. The van der Waals surface area contributed by atoms with E-state index in [-0.39, 0.29) is 11.5 Å². The molecule has 1 amide bonds. The average Bonchev–Trinajstić information content (AvgIpc) is 2.31. The summed E-state index contributed by atoms with van der Waals surface area (Å²) in [4.78, 5) is 42.4. The summed E-state index contributed by atoms with van der Waals surface area (Å²) in [7, 11) is 0. The number of hydrogen-bond acceptors (Lipinski definition) is 5. The van der Waals surface area contributed by atoms with Crippen molar-refractivity contribution in [3.05, 3.63) is 22.3 Å². The molecule has 0 aromatic heterocycles. The van der Waals surface area contributed by atoms with Crippen molar-refractivity contribution in [2.45, 2.75) is 13.8 Å². The normalized spacial score (nSPS) is 9.85. The summed E-state index contributed by atoms with van der Waals surface area (Å²) in [6.07, 6.45) is 0. The van der Waals surface area contributed by atoms with Gasteiger partial charge in [0.2, 0.25) is 5.91 Å². The summed E-state index contributed by atoms with van der Waals surface area (Å²) in [5, 5.41) is 2.66. The van der Waals surface area contributed by atoms with Gasteiger partial charge in [0.1, 0.15) is 0 Å². The summed E-state index contributed by atoms with van der Waals surface area (Å²) in [6, 6.07) is 1.72. The fourth-order valence-electron chi connectivity index (χ4n) is 1.21. The van der Waals surface area contributed by atoms with Gasteiger partial charge >= 0.3 is 11.9 Å². The lowest BCUT2D eigenvalue weighted by Gasteiger charge is -2.13. The molecule has 9 heteroatoms. The molecule has 0 radical (unpaired) electrons. The molecule has 0 spiro atoms. The molecule has 1 N–H and O–H groups in total. The molecule has 0 fully saturated rings. The van der Waals surface area contributed by atoms with Crippen LogP contribution >= 0.6 is 67.8 Å². The summed E-state index contributed by atoms with van der Waals surface area (Å²) in [5.74, 6) is -1.77. The molecule has 1 aromatic carbocycles. The van der Waals surface area contributed by atoms with E-state index in [1.165, 1.54) is 6.92 Å². The molecule has 0 unspecified atom stereocenters. The van der Waals surface area contributed by atoms with E-state index in [1.54, 1.807) is 6.07 Å². The van der Waals surface area contributed by atoms with Crippen molar-refractivity contribution in [2.24, 2.45) is 0 Å². The van der Waals surface area contributed by atoms with E-state index < -0.39 is 11.9 Å². The van der Waals surface area contributed by atoms with Crippen LogP contribution in [0.3, 0.4) is 0 Å². The van der Waals surface area contributed by atoms with Gasteiger partial charge in [0.15, 0.2) is 0 Å². The fraction of sp³-hybridized carbons (Fsp3) is 0.182. The Bertz CT molecular complexity index is 588. The van der Waals surface area contributed by atoms with Crippen LogP contribution in [-0.2, 0) is 19.4 Å². The molecule has 0 saturated heterocycles. The zero-order valence-electron chi connectivity index (χ0n) is 10.3. The number of nitrogens with one attached hydrogen (secondary N) is 1. The minimum Gasteiger partial charge on any atom is -0.324 e. The van der Waals surface area contributed by atoms with Gasteiger partial charge in [-0.15, -0.1) is 0 Å². The zero-order valence-corrected chi connectivity index (χ0v) is 16.7. The molecule has 1 aromatic rings. The van der Waals surface area contributed by atoms with Gasteiger partial charge in [-0.05, 0) is 73.8 Å². The summed E-state index contributed by atoms with van der Waals surface area (Å²) >= 11 is 5.96. The van der Waals surface area contributed by atoms with Crippen LogP contribution in [0.1, 0.15) is 24.2 Å². The van der Waals surface area contributed by atoms with Crippen LogP contribution in [0.25, 0.3) is 0 Å². The predicted octanol–water partition coefficient (Wildman–Crippen LogP) is 3.09. The number of benzene rings is 1. The lowest BCUT2D eigenvalue weighted by Crippen LogP contribution is -2.16. The minimum atomic E-state index is -0.794. The third-order valence-electron chi connectivity index (χ3n) is 1.91. The molecule has 0 heterocycles. The number of carbonyl (C=O) groups is 3. The topological polar surface area (TPSA) is 81.7 Å². The van der Waals surface area contributed by atoms with Crippen molar-refractivity contribution in [2.75, 3.05) is 5.32 Å². The number of anilines is 1. The standard InChI is InChI=1S/C11H8I3NO5/c1-4(16)15-10-7(13)3-6(12)8(9(10)14)11(18)20-19-5(2)17/h3H,1-2H3,(H,15,16). The van der Waals surface area contributed by atoms with Crippen molar-refractivity contribution >= 4 is 91.3 Å². The molecule has 0 aliphatic heterocycles. The van der Waals surface area contributed by atoms with Crippen molar-refractivity contribution in [3.63, 3.8) is 0 Å². The maximum Gasteiger partial charge on any atom is 0.388 e. The second-order valence-corrected chi connectivity index (χ2v) is 6.93. The van der Waals surface area contributed by atoms with E-state index in [0.717, 1.165) is 10.5 Å². The quantitative estimate of drug-likeness (QED) is 0.315. The molecule has 0 saturated carbocycles. The first-order valence-corrected chi connectivity index (χ1v) is 8.32. The number of amides is 1. The van der Waals surface area contributed by atoms with Crippen LogP contribution in [0, 0.1) is 10.7 Å². The monoisotopic (exact) mass is 615 g/mol. The molecule has 6 nitrogen and oxygen atoms in total. The van der Waals surface area contributed by atoms with Gasteiger partial charge < -0.3 is 5.32 Å². The largest absolute Gasteiger partial charge is 0.388 e. The molecule has 0 bridgehead atoms. The molecule has 20 heavy (non-hydrogen) atoms. The van der Waals surface area contributed by atoms with Crippen molar-refractivity contribution in [1.82, 2.24) is 0 Å². The molecule has 108 valence electrons. The van der Waals surface area contributed by atoms with Crippen LogP contribution in [0.5, 0.6) is 0 Å². The highest BCUT2D eigenvalue weighted by atomic mass is 127. The van der Waals surface area contributed by atoms with E-state index in [2.05, 4.69) is 37.7 Å². The Morgan fingerprint density at radius 2 is 1.65 bits per heavy atom. The van der Waals surface area contributed by atoms with E-state index in [4.69, 9.17) is 0 Å². The highest BCUT2D eigenvalue weighted by Crippen LogP contribution is 2.32. The smallest absolute Gasteiger partial charge is 0.324 e. The maximum absolute atomic E-state index is 11.9. The summed E-state index contributed by atoms with van der Waals surface area (Å²) in [5.41, 5.74) is 0.755. The molecule has 0 aliphatic carbocycles. The van der Waals surface area contributed by atoms with Gasteiger partial charge in [-0.3, -0.25) is 4.79 Å². The van der Waals surface area contributed by atoms with E-state index in [9.17, 15) is 14.4 Å². The van der Waals surface area contributed by atoms with E-state index in [1.807, 2.05) is 45.2 Å². The summed E-state index contributed by atoms with van der Waals surface area (Å²) in [6.45, 7) is 2.50. The molecular formula is C11H8I3NO5. The average molecular weight is 615 g/mol.